The maximum atomic E-state index is 11.1. The molecule has 3 rings (SSSR count). The SMILES string of the molecule is Nc1ncc([N+](=O)[O-])c(N(Cc2ccsc2)C2CC2)n1. The fraction of sp³-hybridized carbons (Fsp3) is 0.333. The number of thiophene rings is 1. The van der Waals surface area contributed by atoms with Crippen LogP contribution in [0.5, 0.6) is 0 Å². The minimum Gasteiger partial charge on any atom is -0.368 e. The van der Waals surface area contributed by atoms with Crippen molar-refractivity contribution in [2.75, 3.05) is 10.6 Å². The van der Waals surface area contributed by atoms with Crippen molar-refractivity contribution in [1.82, 2.24) is 9.97 Å². The number of anilines is 2. The Bertz CT molecular complexity index is 627. The van der Waals surface area contributed by atoms with Gasteiger partial charge in [-0.15, -0.1) is 0 Å². The van der Waals surface area contributed by atoms with Gasteiger partial charge in [-0.3, -0.25) is 10.1 Å². The molecule has 2 aromatic rings. The Kier molecular flexibility index (Phi) is 3.23. The number of nitrogens with zero attached hydrogens (tertiary/aromatic N) is 4. The van der Waals surface area contributed by atoms with Crippen LogP contribution in [-0.4, -0.2) is 20.9 Å². The van der Waals surface area contributed by atoms with Crippen molar-refractivity contribution in [2.24, 2.45) is 0 Å². The van der Waals surface area contributed by atoms with Gasteiger partial charge < -0.3 is 10.6 Å². The predicted octanol–water partition coefficient (Wildman–Crippen LogP) is 2.20. The topological polar surface area (TPSA) is 98.2 Å². The molecule has 0 saturated heterocycles. The fourth-order valence-electron chi connectivity index (χ4n) is 2.06. The molecule has 2 heterocycles. The molecule has 0 aliphatic heterocycles. The molecule has 2 aromatic heterocycles. The molecule has 0 atom stereocenters. The summed E-state index contributed by atoms with van der Waals surface area (Å²) in [6.07, 6.45) is 3.22. The molecule has 0 amide bonds. The highest BCUT2D eigenvalue weighted by atomic mass is 32.1. The lowest BCUT2D eigenvalue weighted by Gasteiger charge is -2.22. The van der Waals surface area contributed by atoms with Crippen LogP contribution in [0.3, 0.4) is 0 Å². The summed E-state index contributed by atoms with van der Waals surface area (Å²) < 4.78 is 0. The number of hydrogen-bond donors (Lipinski definition) is 1. The third-order valence-corrected chi connectivity index (χ3v) is 3.89. The first kappa shape index (κ1) is 12.8. The summed E-state index contributed by atoms with van der Waals surface area (Å²) in [6, 6.07) is 2.30. The Labute approximate surface area is 119 Å². The monoisotopic (exact) mass is 291 g/mol. The van der Waals surface area contributed by atoms with Gasteiger partial charge in [0.2, 0.25) is 11.8 Å². The lowest BCUT2D eigenvalue weighted by molar-refractivity contribution is -0.384. The largest absolute Gasteiger partial charge is 0.368 e. The maximum absolute atomic E-state index is 11.1. The van der Waals surface area contributed by atoms with E-state index >= 15 is 0 Å². The summed E-state index contributed by atoms with van der Waals surface area (Å²) in [7, 11) is 0. The third-order valence-electron chi connectivity index (χ3n) is 3.16. The molecule has 1 saturated carbocycles. The van der Waals surface area contributed by atoms with E-state index in [0.717, 1.165) is 18.4 Å². The Hall–Kier alpha value is -2.22. The molecular weight excluding hydrogens is 278 g/mol. The minimum absolute atomic E-state index is 0.0570. The predicted molar refractivity (Wildman–Crippen MR) is 76.6 cm³/mol. The van der Waals surface area contributed by atoms with Gasteiger partial charge in [-0.25, -0.2) is 4.98 Å². The van der Waals surface area contributed by atoms with E-state index in [9.17, 15) is 10.1 Å². The molecule has 0 radical (unpaired) electrons. The van der Waals surface area contributed by atoms with Gasteiger partial charge in [0.1, 0.15) is 6.20 Å². The summed E-state index contributed by atoms with van der Waals surface area (Å²) in [5.41, 5.74) is 6.61. The zero-order valence-corrected chi connectivity index (χ0v) is 11.4. The molecule has 2 N–H and O–H groups in total. The minimum atomic E-state index is -0.461. The van der Waals surface area contributed by atoms with Crippen molar-refractivity contribution < 1.29 is 4.92 Å². The van der Waals surface area contributed by atoms with Crippen LogP contribution in [0.2, 0.25) is 0 Å². The summed E-state index contributed by atoms with van der Waals surface area (Å²) in [4.78, 5) is 20.5. The molecule has 0 bridgehead atoms. The van der Waals surface area contributed by atoms with Crippen LogP contribution in [0.4, 0.5) is 17.5 Å². The normalized spacial score (nSPS) is 14.2. The lowest BCUT2D eigenvalue weighted by atomic mass is 10.3. The lowest BCUT2D eigenvalue weighted by Crippen LogP contribution is -2.27. The molecular formula is C12H13N5O2S. The van der Waals surface area contributed by atoms with Crippen molar-refractivity contribution in [1.29, 1.82) is 0 Å². The first-order chi connectivity index (χ1) is 9.65. The van der Waals surface area contributed by atoms with E-state index in [4.69, 9.17) is 5.73 Å². The molecule has 0 aromatic carbocycles. The van der Waals surface area contributed by atoms with Crippen LogP contribution < -0.4 is 10.6 Å². The molecule has 1 aliphatic carbocycles. The number of nitrogens with two attached hydrogens (primary N) is 1. The smallest absolute Gasteiger partial charge is 0.329 e. The number of hydrogen-bond acceptors (Lipinski definition) is 7. The molecule has 0 spiro atoms. The number of aromatic nitrogens is 2. The van der Waals surface area contributed by atoms with E-state index in [0.29, 0.717) is 18.4 Å². The van der Waals surface area contributed by atoms with E-state index in [1.807, 2.05) is 21.7 Å². The average molecular weight is 291 g/mol. The molecule has 104 valence electrons. The standard InChI is InChI=1S/C12H13N5O2S/c13-12-14-5-10(17(18)19)11(15-12)16(9-1-2-9)6-8-3-4-20-7-8/h3-5,7,9H,1-2,6H2,(H2,13,14,15). The van der Waals surface area contributed by atoms with Crippen molar-refractivity contribution in [3.63, 3.8) is 0 Å². The Balaban J connectivity index is 1.98. The highest BCUT2D eigenvalue weighted by Crippen LogP contribution is 2.36. The number of nitro groups is 1. The number of nitrogen functional groups attached to an aromatic ring is 1. The van der Waals surface area contributed by atoms with Gasteiger partial charge in [-0.2, -0.15) is 16.3 Å². The Morgan fingerprint density at radius 1 is 1.55 bits per heavy atom. The van der Waals surface area contributed by atoms with Crippen LogP contribution in [0.15, 0.2) is 23.0 Å². The molecule has 1 aliphatic rings. The Morgan fingerprint density at radius 2 is 2.35 bits per heavy atom. The summed E-state index contributed by atoms with van der Waals surface area (Å²) in [5.74, 6) is 0.373. The van der Waals surface area contributed by atoms with E-state index in [-0.39, 0.29) is 11.6 Å². The van der Waals surface area contributed by atoms with Gasteiger partial charge in [-0.1, -0.05) is 0 Å². The zero-order valence-electron chi connectivity index (χ0n) is 10.6. The van der Waals surface area contributed by atoms with Crippen molar-refractivity contribution in [3.05, 3.63) is 38.7 Å². The van der Waals surface area contributed by atoms with Crippen LogP contribution in [0.1, 0.15) is 18.4 Å². The van der Waals surface area contributed by atoms with Gasteiger partial charge >= 0.3 is 5.69 Å². The van der Waals surface area contributed by atoms with E-state index in [1.165, 1.54) is 6.20 Å². The second-order valence-corrected chi connectivity index (χ2v) is 5.46. The quantitative estimate of drug-likeness (QED) is 0.669. The summed E-state index contributed by atoms with van der Waals surface area (Å²) in [5, 5.41) is 15.2. The number of rotatable bonds is 5. The second-order valence-electron chi connectivity index (χ2n) is 4.68. The van der Waals surface area contributed by atoms with Gasteiger partial charge in [0.05, 0.1) is 4.92 Å². The molecule has 1 fully saturated rings. The van der Waals surface area contributed by atoms with Gasteiger partial charge in [0.15, 0.2) is 0 Å². The molecule has 7 nitrogen and oxygen atoms in total. The van der Waals surface area contributed by atoms with Gasteiger partial charge in [-0.05, 0) is 35.2 Å². The van der Waals surface area contributed by atoms with Crippen LogP contribution >= 0.6 is 11.3 Å². The van der Waals surface area contributed by atoms with Crippen molar-refractivity contribution in [2.45, 2.75) is 25.4 Å². The first-order valence-corrected chi connectivity index (χ1v) is 7.14. The highest BCUT2D eigenvalue weighted by Gasteiger charge is 2.34. The van der Waals surface area contributed by atoms with E-state index in [2.05, 4.69) is 9.97 Å². The van der Waals surface area contributed by atoms with Crippen LogP contribution in [0.25, 0.3) is 0 Å². The van der Waals surface area contributed by atoms with Crippen LogP contribution in [-0.2, 0) is 6.54 Å². The maximum Gasteiger partial charge on any atom is 0.329 e. The molecule has 8 heteroatoms. The zero-order chi connectivity index (χ0) is 14.1. The van der Waals surface area contributed by atoms with Gasteiger partial charge in [0.25, 0.3) is 0 Å². The first-order valence-electron chi connectivity index (χ1n) is 6.20. The summed E-state index contributed by atoms with van der Waals surface area (Å²) >= 11 is 1.60. The molecule has 20 heavy (non-hydrogen) atoms. The Morgan fingerprint density at radius 3 is 2.95 bits per heavy atom. The van der Waals surface area contributed by atoms with E-state index < -0.39 is 4.92 Å². The summed E-state index contributed by atoms with van der Waals surface area (Å²) in [6.45, 7) is 0.603. The fourth-order valence-corrected chi connectivity index (χ4v) is 2.72. The second kappa shape index (κ2) is 5.04. The van der Waals surface area contributed by atoms with Crippen molar-refractivity contribution in [3.8, 4) is 0 Å². The highest BCUT2D eigenvalue weighted by molar-refractivity contribution is 7.07. The van der Waals surface area contributed by atoms with Crippen molar-refractivity contribution >= 4 is 28.8 Å². The molecule has 0 unspecified atom stereocenters. The van der Waals surface area contributed by atoms with E-state index in [1.54, 1.807) is 11.3 Å². The van der Waals surface area contributed by atoms with Crippen LogP contribution in [0, 0.1) is 10.1 Å². The average Bonchev–Trinajstić information content (AvgIpc) is 3.12. The van der Waals surface area contributed by atoms with Gasteiger partial charge in [0, 0.05) is 12.6 Å². The third kappa shape index (κ3) is 2.55.